The van der Waals surface area contributed by atoms with E-state index < -0.39 is 0 Å². The molecule has 0 fully saturated rings. The highest BCUT2D eigenvalue weighted by Gasteiger charge is 2.21. The Morgan fingerprint density at radius 2 is 1.84 bits per heavy atom. The Hall–Kier alpha value is -1.87. The number of benzene rings is 1. The third-order valence-electron chi connectivity index (χ3n) is 5.49. The fourth-order valence-corrected chi connectivity index (χ4v) is 4.38. The average molecular weight is 355 g/mol. The van der Waals surface area contributed by atoms with Gasteiger partial charge in [0.05, 0.1) is 6.54 Å². The van der Waals surface area contributed by atoms with Crippen LogP contribution in [0.25, 0.3) is 0 Å². The van der Waals surface area contributed by atoms with Gasteiger partial charge in [-0.2, -0.15) is 0 Å². The van der Waals surface area contributed by atoms with Crippen LogP contribution in [0.2, 0.25) is 0 Å². The molecule has 2 aromatic rings. The van der Waals surface area contributed by atoms with Crippen molar-refractivity contribution in [3.05, 3.63) is 57.8 Å². The van der Waals surface area contributed by atoms with Crippen molar-refractivity contribution >= 4 is 23.3 Å². The molecule has 0 atom stereocenters. The molecule has 0 saturated carbocycles. The molecule has 130 valence electrons. The number of fused-ring (bicyclic) bond motifs is 2. The first kappa shape index (κ1) is 16.6. The quantitative estimate of drug-likeness (QED) is 0.773. The van der Waals surface area contributed by atoms with Gasteiger partial charge in [0.25, 0.3) is 0 Å². The van der Waals surface area contributed by atoms with Crippen LogP contribution in [0.5, 0.6) is 0 Å². The highest BCUT2D eigenvalue weighted by atomic mass is 35.5. The maximum Gasteiger partial charge on any atom is 0.243 e. The van der Waals surface area contributed by atoms with Crippen molar-refractivity contribution in [1.29, 1.82) is 0 Å². The second-order valence-electron chi connectivity index (χ2n) is 7.18. The molecule has 1 aromatic carbocycles. The van der Waals surface area contributed by atoms with Gasteiger partial charge in [-0.25, -0.2) is 4.98 Å². The second kappa shape index (κ2) is 6.80. The number of pyridine rings is 1. The van der Waals surface area contributed by atoms with Crippen LogP contribution in [0, 0.1) is 6.92 Å². The van der Waals surface area contributed by atoms with Crippen molar-refractivity contribution < 1.29 is 4.79 Å². The number of halogens is 1. The molecule has 0 N–H and O–H groups in total. The van der Waals surface area contributed by atoms with Gasteiger partial charge in [0.1, 0.15) is 11.7 Å². The second-order valence-corrected chi connectivity index (χ2v) is 7.45. The number of carbonyl (C=O) groups is 1. The Kier molecular flexibility index (Phi) is 4.51. The van der Waals surface area contributed by atoms with E-state index in [1.807, 2.05) is 6.20 Å². The lowest BCUT2D eigenvalue weighted by Gasteiger charge is -2.22. The first-order valence-electron chi connectivity index (χ1n) is 9.11. The fourth-order valence-electron chi connectivity index (χ4n) is 4.24. The minimum atomic E-state index is -0.0923. The van der Waals surface area contributed by atoms with Crippen molar-refractivity contribution in [3.8, 4) is 0 Å². The Morgan fingerprint density at radius 1 is 1.08 bits per heavy atom. The molecule has 3 nitrogen and oxygen atoms in total. The fraction of sp³-hybridized carbons (Fsp3) is 0.429. The van der Waals surface area contributed by atoms with Gasteiger partial charge in [0, 0.05) is 6.20 Å². The van der Waals surface area contributed by atoms with Crippen molar-refractivity contribution in [2.24, 2.45) is 0 Å². The number of carbonyl (C=O) groups excluding carboxylic acids is 1. The topological polar surface area (TPSA) is 33.2 Å². The third kappa shape index (κ3) is 3.18. The van der Waals surface area contributed by atoms with Crippen molar-refractivity contribution in [1.82, 2.24) is 4.98 Å². The van der Waals surface area contributed by atoms with Gasteiger partial charge in [-0.15, -0.1) is 11.6 Å². The molecule has 2 aliphatic carbocycles. The number of aromatic nitrogens is 1. The van der Waals surface area contributed by atoms with E-state index in [1.165, 1.54) is 52.6 Å². The number of rotatable bonds is 4. The lowest BCUT2D eigenvalue weighted by Crippen LogP contribution is -2.32. The number of hydrogen-bond donors (Lipinski definition) is 0. The van der Waals surface area contributed by atoms with E-state index in [0.717, 1.165) is 25.1 Å². The largest absolute Gasteiger partial charge is 0.291 e. The first-order chi connectivity index (χ1) is 12.2. The monoisotopic (exact) mass is 354 g/mol. The zero-order valence-electron chi connectivity index (χ0n) is 14.6. The van der Waals surface area contributed by atoms with Crippen LogP contribution in [-0.2, 0) is 37.0 Å². The van der Waals surface area contributed by atoms with Gasteiger partial charge in [0.2, 0.25) is 5.91 Å². The summed E-state index contributed by atoms with van der Waals surface area (Å²) in [5.74, 6) is 0.609. The van der Waals surface area contributed by atoms with Crippen LogP contribution in [0.4, 0.5) is 5.82 Å². The summed E-state index contributed by atoms with van der Waals surface area (Å²) < 4.78 is 0. The van der Waals surface area contributed by atoms with E-state index >= 15 is 0 Å². The van der Waals surface area contributed by atoms with E-state index in [2.05, 4.69) is 30.1 Å². The van der Waals surface area contributed by atoms with Gasteiger partial charge >= 0.3 is 0 Å². The minimum absolute atomic E-state index is 0.0251. The molecule has 2 aliphatic rings. The summed E-state index contributed by atoms with van der Waals surface area (Å²) in [6, 6.07) is 6.55. The number of hydrogen-bond acceptors (Lipinski definition) is 2. The molecule has 4 rings (SSSR count). The molecule has 0 aliphatic heterocycles. The average Bonchev–Trinajstić information content (AvgIpc) is 3.27. The molecule has 1 amide bonds. The van der Waals surface area contributed by atoms with Crippen LogP contribution in [0.15, 0.2) is 24.4 Å². The number of alkyl halides is 1. The first-order valence-corrected chi connectivity index (χ1v) is 9.64. The van der Waals surface area contributed by atoms with E-state index in [4.69, 9.17) is 11.6 Å². The molecular formula is C21H23ClN2O. The van der Waals surface area contributed by atoms with Gasteiger partial charge in [-0.05, 0) is 84.9 Å². The molecule has 0 saturated heterocycles. The number of aryl methyl sites for hydroxylation is 4. The zero-order chi connectivity index (χ0) is 17.4. The molecular weight excluding hydrogens is 332 g/mol. The summed E-state index contributed by atoms with van der Waals surface area (Å²) >= 11 is 5.89. The minimum Gasteiger partial charge on any atom is -0.291 e. The predicted molar refractivity (Wildman–Crippen MR) is 101 cm³/mol. The predicted octanol–water partition coefficient (Wildman–Crippen LogP) is 4.14. The Morgan fingerprint density at radius 3 is 2.68 bits per heavy atom. The molecule has 0 radical (unpaired) electrons. The Balaban J connectivity index is 1.66. The van der Waals surface area contributed by atoms with Crippen LogP contribution in [0.3, 0.4) is 0 Å². The lowest BCUT2D eigenvalue weighted by molar-refractivity contribution is -0.116. The van der Waals surface area contributed by atoms with Gasteiger partial charge < -0.3 is 0 Å². The number of anilines is 1. The summed E-state index contributed by atoms with van der Waals surface area (Å²) in [6.45, 7) is 2.71. The third-order valence-corrected chi connectivity index (χ3v) is 5.72. The van der Waals surface area contributed by atoms with Gasteiger partial charge in [-0.1, -0.05) is 12.1 Å². The van der Waals surface area contributed by atoms with E-state index in [-0.39, 0.29) is 11.8 Å². The van der Waals surface area contributed by atoms with E-state index in [9.17, 15) is 4.79 Å². The molecule has 0 spiro atoms. The highest BCUT2D eigenvalue weighted by molar-refractivity contribution is 6.29. The summed E-state index contributed by atoms with van der Waals surface area (Å²) in [4.78, 5) is 18.8. The Bertz CT molecular complexity index is 831. The van der Waals surface area contributed by atoms with Crippen LogP contribution < -0.4 is 4.90 Å². The van der Waals surface area contributed by atoms with Crippen LogP contribution >= 0.6 is 11.6 Å². The maximum atomic E-state index is 12.5. The smallest absolute Gasteiger partial charge is 0.243 e. The summed E-state index contributed by atoms with van der Waals surface area (Å²) in [6.07, 6.45) is 8.83. The van der Waals surface area contributed by atoms with E-state index in [0.29, 0.717) is 6.54 Å². The maximum absolute atomic E-state index is 12.5. The Labute approximate surface area is 154 Å². The standard InChI is InChI=1S/C21H23ClN2O/c1-14-8-15(9-17-5-3-7-19(14)17)13-24(21(25)11-22)20-10-16-4-2-6-18(16)12-23-20/h8-10,12H,2-7,11,13H2,1H3. The van der Waals surface area contributed by atoms with Gasteiger partial charge in [0.15, 0.2) is 0 Å². The molecule has 0 bridgehead atoms. The zero-order valence-corrected chi connectivity index (χ0v) is 15.4. The number of amides is 1. The van der Waals surface area contributed by atoms with Gasteiger partial charge in [-0.3, -0.25) is 9.69 Å². The van der Waals surface area contributed by atoms with Crippen molar-refractivity contribution in [2.75, 3.05) is 10.8 Å². The summed E-state index contributed by atoms with van der Waals surface area (Å²) in [5.41, 5.74) is 8.08. The van der Waals surface area contributed by atoms with E-state index in [1.54, 1.807) is 4.90 Å². The van der Waals surface area contributed by atoms with Crippen molar-refractivity contribution in [2.45, 2.75) is 52.0 Å². The SMILES string of the molecule is Cc1cc(CN(C(=O)CCl)c2cc3c(cn2)CCC3)cc2c1CCC2. The normalized spacial score (nSPS) is 15.1. The molecule has 4 heteroatoms. The van der Waals surface area contributed by atoms with Crippen LogP contribution in [-0.4, -0.2) is 16.8 Å². The van der Waals surface area contributed by atoms with Crippen LogP contribution in [0.1, 0.15) is 46.2 Å². The molecule has 0 unspecified atom stereocenters. The molecule has 1 aromatic heterocycles. The lowest BCUT2D eigenvalue weighted by atomic mass is 10.0. The molecule has 1 heterocycles. The molecule has 25 heavy (non-hydrogen) atoms. The highest BCUT2D eigenvalue weighted by Crippen LogP contribution is 2.29. The summed E-state index contributed by atoms with van der Waals surface area (Å²) in [7, 11) is 0. The number of nitrogens with zero attached hydrogens (tertiary/aromatic N) is 2. The van der Waals surface area contributed by atoms with Crippen molar-refractivity contribution in [3.63, 3.8) is 0 Å². The summed E-state index contributed by atoms with van der Waals surface area (Å²) in [5, 5.41) is 0.